The highest BCUT2D eigenvalue weighted by molar-refractivity contribution is 5.97. The van der Waals surface area contributed by atoms with E-state index in [1.165, 1.54) is 5.57 Å². The van der Waals surface area contributed by atoms with Crippen LogP contribution in [0.15, 0.2) is 42.0 Å². The van der Waals surface area contributed by atoms with Crippen molar-refractivity contribution in [2.24, 2.45) is 17.8 Å². The summed E-state index contributed by atoms with van der Waals surface area (Å²) in [6, 6.07) is 8.38. The fourth-order valence-corrected chi connectivity index (χ4v) is 5.48. The first-order chi connectivity index (χ1) is 16.9. The Morgan fingerprint density at radius 2 is 2.06 bits per heavy atom. The predicted octanol–water partition coefficient (Wildman–Crippen LogP) is 4.26. The molecule has 1 aliphatic carbocycles. The van der Waals surface area contributed by atoms with Crippen molar-refractivity contribution < 1.29 is 9.53 Å². The molecule has 1 aromatic carbocycles. The third-order valence-electron chi connectivity index (χ3n) is 7.64. The number of amides is 1. The molecule has 3 atom stereocenters. The zero-order chi connectivity index (χ0) is 24.7. The molecule has 0 radical (unpaired) electrons. The van der Waals surface area contributed by atoms with Crippen LogP contribution in [0.1, 0.15) is 35.2 Å². The third kappa shape index (κ3) is 4.39. The number of H-pyrrole nitrogens is 1. The molecule has 2 fully saturated rings. The van der Waals surface area contributed by atoms with Gasteiger partial charge in [-0.3, -0.25) is 4.79 Å². The maximum atomic E-state index is 13.4. The van der Waals surface area contributed by atoms with Gasteiger partial charge in [-0.15, -0.1) is 0 Å². The lowest BCUT2D eigenvalue weighted by Gasteiger charge is -2.41. The molecule has 2 aliphatic heterocycles. The highest BCUT2D eigenvalue weighted by Gasteiger charge is 2.35. The number of hydrogen-bond donors (Lipinski definition) is 1. The average molecular weight is 472 g/mol. The van der Waals surface area contributed by atoms with Crippen molar-refractivity contribution in [1.29, 1.82) is 5.26 Å². The summed E-state index contributed by atoms with van der Waals surface area (Å²) in [6.07, 6.45) is 7.47. The number of anilines is 1. The van der Waals surface area contributed by atoms with E-state index in [9.17, 15) is 10.1 Å². The lowest BCUT2D eigenvalue weighted by molar-refractivity contribution is 0.0557. The van der Waals surface area contributed by atoms with Gasteiger partial charge in [-0.2, -0.15) is 5.26 Å². The number of likely N-dealkylation sites (tertiary alicyclic amines) is 1. The van der Waals surface area contributed by atoms with Crippen LogP contribution in [0.5, 0.6) is 0 Å². The predicted molar refractivity (Wildman–Crippen MR) is 136 cm³/mol. The quantitative estimate of drug-likeness (QED) is 0.704. The van der Waals surface area contributed by atoms with E-state index in [0.29, 0.717) is 24.6 Å². The number of carbonyl (C=O) groups is 1. The number of aromatic nitrogens is 2. The summed E-state index contributed by atoms with van der Waals surface area (Å²) in [5.74, 6) is 1.41. The molecular weight excluding hydrogens is 438 g/mol. The zero-order valence-electron chi connectivity index (χ0n) is 20.9. The topological polar surface area (TPSA) is 85.2 Å². The van der Waals surface area contributed by atoms with Gasteiger partial charge in [-0.1, -0.05) is 25.2 Å². The molecule has 7 nitrogen and oxygen atoms in total. The number of aryl methyl sites for hydroxylation is 2. The van der Waals surface area contributed by atoms with Gasteiger partial charge in [0.25, 0.3) is 5.91 Å². The number of carbonyl (C=O) groups excluding carboxylic acids is 1. The van der Waals surface area contributed by atoms with E-state index in [-0.39, 0.29) is 23.8 Å². The third-order valence-corrected chi connectivity index (χ3v) is 7.64. The van der Waals surface area contributed by atoms with Crippen LogP contribution in [-0.2, 0) is 4.74 Å². The Kier molecular flexibility index (Phi) is 6.24. The normalized spacial score (nSPS) is 24.3. The van der Waals surface area contributed by atoms with Crippen molar-refractivity contribution in [2.75, 3.05) is 38.2 Å². The van der Waals surface area contributed by atoms with Crippen LogP contribution in [0, 0.1) is 42.9 Å². The zero-order valence-corrected chi connectivity index (χ0v) is 20.9. The number of nitriles is 1. The second-order valence-corrected chi connectivity index (χ2v) is 10.1. The van der Waals surface area contributed by atoms with Crippen LogP contribution >= 0.6 is 0 Å². The van der Waals surface area contributed by atoms with E-state index in [4.69, 9.17) is 4.74 Å². The number of imidazole rings is 1. The van der Waals surface area contributed by atoms with Gasteiger partial charge in [0.2, 0.25) is 0 Å². The molecule has 3 unspecified atom stereocenters. The molecule has 0 bridgehead atoms. The summed E-state index contributed by atoms with van der Waals surface area (Å²) in [4.78, 5) is 25.6. The van der Waals surface area contributed by atoms with E-state index in [0.717, 1.165) is 48.0 Å². The molecule has 182 valence electrons. The van der Waals surface area contributed by atoms with E-state index in [2.05, 4.69) is 46.1 Å². The Hall–Kier alpha value is -3.37. The van der Waals surface area contributed by atoms with Crippen molar-refractivity contribution in [3.8, 4) is 17.3 Å². The molecular formula is C28H33N5O2. The van der Waals surface area contributed by atoms with Gasteiger partial charge in [0, 0.05) is 56.0 Å². The first kappa shape index (κ1) is 23.4. The van der Waals surface area contributed by atoms with Gasteiger partial charge in [-0.25, -0.2) is 4.98 Å². The maximum Gasteiger partial charge on any atom is 0.253 e. The van der Waals surface area contributed by atoms with Gasteiger partial charge in [-0.05, 0) is 50.0 Å². The minimum absolute atomic E-state index is 0.0575. The lowest BCUT2D eigenvalue weighted by Crippen LogP contribution is -2.50. The van der Waals surface area contributed by atoms with E-state index < -0.39 is 0 Å². The molecule has 3 aliphatic rings. The van der Waals surface area contributed by atoms with E-state index in [1.54, 1.807) is 7.11 Å². The number of aromatic amines is 1. The largest absolute Gasteiger partial charge is 0.380 e. The van der Waals surface area contributed by atoms with Crippen LogP contribution in [0.25, 0.3) is 11.3 Å². The summed E-state index contributed by atoms with van der Waals surface area (Å²) in [5, 5.41) is 9.24. The van der Waals surface area contributed by atoms with Crippen molar-refractivity contribution in [2.45, 2.75) is 33.3 Å². The number of ether oxygens (including phenoxy) is 1. The highest BCUT2D eigenvalue weighted by atomic mass is 16.5. The molecule has 0 saturated carbocycles. The summed E-state index contributed by atoms with van der Waals surface area (Å²) < 4.78 is 5.58. The summed E-state index contributed by atoms with van der Waals surface area (Å²) in [6.45, 7) is 9.21. The number of allylic oxidation sites excluding steroid dienone is 3. The molecule has 5 rings (SSSR count). The second kappa shape index (κ2) is 9.35. The van der Waals surface area contributed by atoms with Crippen molar-refractivity contribution in [3.05, 3.63) is 59.1 Å². The van der Waals surface area contributed by atoms with Gasteiger partial charge < -0.3 is 19.5 Å². The second-order valence-electron chi connectivity index (χ2n) is 10.1. The summed E-state index contributed by atoms with van der Waals surface area (Å²) in [5.41, 5.74) is 5.95. The lowest BCUT2D eigenvalue weighted by atomic mass is 9.81. The molecule has 2 aromatic rings. The van der Waals surface area contributed by atoms with Gasteiger partial charge in [0.1, 0.15) is 5.82 Å². The van der Waals surface area contributed by atoms with Crippen LogP contribution in [0.2, 0.25) is 0 Å². The van der Waals surface area contributed by atoms with Crippen molar-refractivity contribution >= 4 is 11.6 Å². The molecule has 35 heavy (non-hydrogen) atoms. The molecule has 3 heterocycles. The fourth-order valence-electron chi connectivity index (χ4n) is 5.48. The van der Waals surface area contributed by atoms with Crippen molar-refractivity contribution in [1.82, 2.24) is 14.9 Å². The van der Waals surface area contributed by atoms with Crippen LogP contribution < -0.4 is 4.90 Å². The van der Waals surface area contributed by atoms with E-state index >= 15 is 0 Å². The number of hydrogen-bond acceptors (Lipinski definition) is 5. The van der Waals surface area contributed by atoms with Gasteiger partial charge in [0.15, 0.2) is 0 Å². The number of rotatable bonds is 5. The van der Waals surface area contributed by atoms with Gasteiger partial charge in [0.05, 0.1) is 29.5 Å². The average Bonchev–Trinajstić information content (AvgIpc) is 3.43. The summed E-state index contributed by atoms with van der Waals surface area (Å²) >= 11 is 0. The Bertz CT molecular complexity index is 1230. The number of benzene rings is 1. The highest BCUT2D eigenvalue weighted by Crippen LogP contribution is 2.37. The molecule has 1 aromatic heterocycles. The van der Waals surface area contributed by atoms with Crippen LogP contribution in [-0.4, -0.2) is 60.2 Å². The maximum absolute atomic E-state index is 13.4. The minimum atomic E-state index is -0.0575. The molecule has 2 saturated heterocycles. The Morgan fingerprint density at radius 3 is 2.69 bits per heavy atom. The van der Waals surface area contributed by atoms with Crippen LogP contribution in [0.3, 0.4) is 0 Å². The number of methoxy groups -OCH3 is 1. The Labute approximate surface area is 207 Å². The van der Waals surface area contributed by atoms with E-state index in [1.807, 2.05) is 37.0 Å². The summed E-state index contributed by atoms with van der Waals surface area (Å²) in [7, 11) is 1.77. The molecule has 0 spiro atoms. The SMILES string of the molecule is COC1CCN(c2ccc(C(=O)N3CC(C4=CC(C)C(C#N)C=C4)C3)cc2-c2[nH]c(C)nc2C)C1. The monoisotopic (exact) mass is 471 g/mol. The van der Waals surface area contributed by atoms with Gasteiger partial charge >= 0.3 is 0 Å². The molecule has 1 N–H and O–H groups in total. The molecule has 7 heteroatoms. The first-order valence-electron chi connectivity index (χ1n) is 12.4. The smallest absolute Gasteiger partial charge is 0.253 e. The standard InChI is InChI=1S/C28H33N5O2/c1-17-11-20(5-6-22(17)13-29)23-14-33(15-23)28(34)21-7-8-26(32-10-9-24(16-32)35-4)25(12-21)27-18(2)30-19(3)31-27/h5-8,11-12,17,22-24H,9-10,14-16H2,1-4H3,(H,30,31). The van der Waals surface area contributed by atoms with Crippen molar-refractivity contribution in [3.63, 3.8) is 0 Å². The number of nitrogens with zero attached hydrogens (tertiary/aromatic N) is 4. The fraction of sp³-hybridized carbons (Fsp3) is 0.464. The Morgan fingerprint density at radius 1 is 1.26 bits per heavy atom. The minimum Gasteiger partial charge on any atom is -0.380 e. The first-order valence-corrected chi connectivity index (χ1v) is 12.4. The number of nitrogens with one attached hydrogen (secondary N) is 1. The molecule has 1 amide bonds. The van der Waals surface area contributed by atoms with Crippen LogP contribution in [0.4, 0.5) is 5.69 Å². The Balaban J connectivity index is 1.37.